The van der Waals surface area contributed by atoms with E-state index < -0.39 is 0 Å². The number of aromatic nitrogens is 4. The van der Waals surface area contributed by atoms with Gasteiger partial charge in [0.05, 0.1) is 5.39 Å². The predicted molar refractivity (Wildman–Crippen MR) is 96.6 cm³/mol. The Morgan fingerprint density at radius 1 is 1.20 bits per heavy atom. The van der Waals surface area contributed by atoms with Crippen molar-refractivity contribution in [1.82, 2.24) is 19.9 Å². The maximum atomic E-state index is 11.8. The summed E-state index contributed by atoms with van der Waals surface area (Å²) in [6.45, 7) is 1.83. The van der Waals surface area contributed by atoms with Gasteiger partial charge in [-0.3, -0.25) is 19.6 Å². The number of anilines is 1. The zero-order chi connectivity index (χ0) is 17.8. The Kier molecular flexibility index (Phi) is 4.92. The summed E-state index contributed by atoms with van der Waals surface area (Å²) in [6.07, 6.45) is 5.94. The molecule has 3 heterocycles. The lowest BCUT2D eigenvalue weighted by Crippen LogP contribution is -2.09. The average molecular weight is 339 g/mol. The van der Waals surface area contributed by atoms with Gasteiger partial charge in [-0.15, -0.1) is 0 Å². The number of H-pyrrole nitrogens is 2. The SMILES string of the molecule is CCC(=O)c1ccc(CCCCc2cc3c(=O)[nH]c(N)nc3[nH]2)cn1. The van der Waals surface area contributed by atoms with Crippen LogP contribution in [0.1, 0.15) is 47.9 Å². The number of hydrogen-bond donors (Lipinski definition) is 3. The number of hydrogen-bond acceptors (Lipinski definition) is 5. The number of nitrogens with one attached hydrogen (secondary N) is 2. The Balaban J connectivity index is 1.54. The Morgan fingerprint density at radius 2 is 2.00 bits per heavy atom. The predicted octanol–water partition coefficient (Wildman–Crippen LogP) is 2.39. The molecule has 0 aliphatic heterocycles. The molecule has 3 aromatic heterocycles. The second kappa shape index (κ2) is 7.29. The summed E-state index contributed by atoms with van der Waals surface area (Å²) in [4.78, 5) is 37.3. The molecule has 0 bridgehead atoms. The van der Waals surface area contributed by atoms with Crippen molar-refractivity contribution in [3.05, 3.63) is 51.7 Å². The summed E-state index contributed by atoms with van der Waals surface area (Å²) in [6, 6.07) is 5.58. The molecular formula is C18H21N5O2. The molecule has 130 valence electrons. The van der Waals surface area contributed by atoms with Crippen molar-refractivity contribution in [3.8, 4) is 0 Å². The summed E-state index contributed by atoms with van der Waals surface area (Å²) < 4.78 is 0. The highest BCUT2D eigenvalue weighted by molar-refractivity contribution is 5.93. The second-order valence-electron chi connectivity index (χ2n) is 6.04. The van der Waals surface area contributed by atoms with E-state index in [0.29, 0.717) is 23.1 Å². The molecule has 0 atom stereocenters. The first-order chi connectivity index (χ1) is 12.1. The van der Waals surface area contributed by atoms with E-state index in [1.165, 1.54) is 0 Å². The summed E-state index contributed by atoms with van der Waals surface area (Å²) in [7, 11) is 0. The average Bonchev–Trinajstić information content (AvgIpc) is 3.01. The molecule has 0 saturated carbocycles. The summed E-state index contributed by atoms with van der Waals surface area (Å²) >= 11 is 0. The van der Waals surface area contributed by atoms with Crippen molar-refractivity contribution in [1.29, 1.82) is 0 Å². The van der Waals surface area contributed by atoms with Crippen LogP contribution in [0.3, 0.4) is 0 Å². The van der Waals surface area contributed by atoms with Gasteiger partial charge in [0.25, 0.3) is 5.56 Å². The molecule has 0 aromatic carbocycles. The monoisotopic (exact) mass is 339 g/mol. The number of pyridine rings is 1. The van der Waals surface area contributed by atoms with Gasteiger partial charge in [-0.25, -0.2) is 0 Å². The van der Waals surface area contributed by atoms with Gasteiger partial charge in [0.15, 0.2) is 5.78 Å². The first-order valence-corrected chi connectivity index (χ1v) is 8.42. The molecule has 0 unspecified atom stereocenters. The Bertz CT molecular complexity index is 940. The molecule has 3 rings (SSSR count). The number of aromatic amines is 2. The van der Waals surface area contributed by atoms with E-state index in [-0.39, 0.29) is 17.3 Å². The number of carbonyl (C=O) groups is 1. The van der Waals surface area contributed by atoms with Gasteiger partial charge in [0, 0.05) is 18.3 Å². The molecule has 0 radical (unpaired) electrons. The Labute approximate surface area is 144 Å². The van der Waals surface area contributed by atoms with Gasteiger partial charge < -0.3 is 10.7 Å². The third kappa shape index (κ3) is 3.93. The van der Waals surface area contributed by atoms with Crippen molar-refractivity contribution < 1.29 is 4.79 Å². The number of Topliss-reactive ketones (excluding diaryl/α,β-unsaturated/α-hetero) is 1. The molecule has 7 heteroatoms. The van der Waals surface area contributed by atoms with Crippen LogP contribution in [0, 0.1) is 0 Å². The number of carbonyl (C=O) groups excluding carboxylic acids is 1. The number of fused-ring (bicyclic) bond motifs is 1. The van der Waals surface area contributed by atoms with E-state index in [1.54, 1.807) is 12.3 Å². The fourth-order valence-electron chi connectivity index (χ4n) is 2.79. The van der Waals surface area contributed by atoms with E-state index in [0.717, 1.165) is 36.9 Å². The van der Waals surface area contributed by atoms with Gasteiger partial charge in [0.2, 0.25) is 5.95 Å². The van der Waals surface area contributed by atoms with Crippen LogP contribution < -0.4 is 11.3 Å². The third-order valence-electron chi connectivity index (χ3n) is 4.16. The Hall–Kier alpha value is -2.96. The van der Waals surface area contributed by atoms with Crippen LogP contribution in [-0.4, -0.2) is 25.7 Å². The minimum absolute atomic E-state index is 0.0644. The minimum atomic E-state index is -0.224. The first-order valence-electron chi connectivity index (χ1n) is 8.42. The van der Waals surface area contributed by atoms with Gasteiger partial charge in [-0.1, -0.05) is 13.0 Å². The highest BCUT2D eigenvalue weighted by Gasteiger charge is 2.07. The van der Waals surface area contributed by atoms with Crippen LogP contribution in [0.5, 0.6) is 0 Å². The molecule has 0 amide bonds. The zero-order valence-corrected chi connectivity index (χ0v) is 14.1. The fourth-order valence-corrected chi connectivity index (χ4v) is 2.79. The van der Waals surface area contributed by atoms with E-state index >= 15 is 0 Å². The van der Waals surface area contributed by atoms with Gasteiger partial charge in [0.1, 0.15) is 11.3 Å². The highest BCUT2D eigenvalue weighted by atomic mass is 16.1. The molecular weight excluding hydrogens is 318 g/mol. The molecule has 4 N–H and O–H groups in total. The fraction of sp³-hybridized carbons (Fsp3) is 0.333. The number of rotatable bonds is 7. The van der Waals surface area contributed by atoms with Crippen LogP contribution in [-0.2, 0) is 12.8 Å². The van der Waals surface area contributed by atoms with Crippen LogP contribution in [0.2, 0.25) is 0 Å². The van der Waals surface area contributed by atoms with Crippen molar-refractivity contribution in [3.63, 3.8) is 0 Å². The number of ketones is 1. The van der Waals surface area contributed by atoms with Crippen molar-refractivity contribution in [2.45, 2.75) is 39.0 Å². The Morgan fingerprint density at radius 3 is 2.72 bits per heavy atom. The van der Waals surface area contributed by atoms with Gasteiger partial charge in [-0.2, -0.15) is 4.98 Å². The van der Waals surface area contributed by atoms with Crippen molar-refractivity contribution in [2.24, 2.45) is 0 Å². The van der Waals surface area contributed by atoms with E-state index in [2.05, 4.69) is 19.9 Å². The maximum Gasteiger partial charge on any atom is 0.261 e. The maximum absolute atomic E-state index is 11.8. The smallest absolute Gasteiger partial charge is 0.261 e. The molecule has 7 nitrogen and oxygen atoms in total. The van der Waals surface area contributed by atoms with E-state index in [1.807, 2.05) is 19.1 Å². The molecule has 0 spiro atoms. The molecule has 25 heavy (non-hydrogen) atoms. The van der Waals surface area contributed by atoms with Crippen LogP contribution in [0.4, 0.5) is 5.95 Å². The number of unbranched alkanes of at least 4 members (excludes halogenated alkanes) is 1. The number of nitrogens with zero attached hydrogens (tertiary/aromatic N) is 2. The molecule has 0 saturated heterocycles. The minimum Gasteiger partial charge on any atom is -0.369 e. The van der Waals surface area contributed by atoms with Crippen molar-refractivity contribution >= 4 is 22.8 Å². The summed E-state index contributed by atoms with van der Waals surface area (Å²) in [5.74, 6) is 0.179. The number of nitrogens with two attached hydrogens (primary N) is 1. The second-order valence-corrected chi connectivity index (χ2v) is 6.04. The van der Waals surface area contributed by atoms with Gasteiger partial charge >= 0.3 is 0 Å². The van der Waals surface area contributed by atoms with Gasteiger partial charge in [-0.05, 0) is 43.4 Å². The highest BCUT2D eigenvalue weighted by Crippen LogP contribution is 2.13. The van der Waals surface area contributed by atoms with Crippen LogP contribution in [0.15, 0.2) is 29.2 Å². The summed E-state index contributed by atoms with van der Waals surface area (Å²) in [5.41, 5.74) is 8.47. The quantitative estimate of drug-likeness (QED) is 0.451. The first kappa shape index (κ1) is 16.9. The largest absolute Gasteiger partial charge is 0.369 e. The number of aryl methyl sites for hydroxylation is 2. The molecule has 0 aliphatic carbocycles. The standard InChI is InChI=1S/C18H21N5O2/c1-2-15(24)14-8-7-11(10-20-14)5-3-4-6-12-9-13-16(21-12)22-18(19)23-17(13)25/h7-10H,2-6H2,1H3,(H4,19,21,22,23,25). The lowest BCUT2D eigenvalue weighted by molar-refractivity contribution is 0.0983. The lowest BCUT2D eigenvalue weighted by Gasteiger charge is -2.02. The molecule has 3 aromatic rings. The normalized spacial score (nSPS) is 11.1. The van der Waals surface area contributed by atoms with E-state index in [4.69, 9.17) is 5.73 Å². The van der Waals surface area contributed by atoms with Crippen LogP contribution in [0.25, 0.3) is 11.0 Å². The topological polar surface area (TPSA) is 118 Å². The third-order valence-corrected chi connectivity index (χ3v) is 4.16. The lowest BCUT2D eigenvalue weighted by atomic mass is 10.1. The van der Waals surface area contributed by atoms with Crippen molar-refractivity contribution in [2.75, 3.05) is 5.73 Å². The molecule has 0 aliphatic rings. The van der Waals surface area contributed by atoms with E-state index in [9.17, 15) is 9.59 Å². The molecule has 0 fully saturated rings. The van der Waals surface area contributed by atoms with Crippen LogP contribution >= 0.6 is 0 Å². The summed E-state index contributed by atoms with van der Waals surface area (Å²) in [5, 5.41) is 0.532. The number of nitrogen functional groups attached to an aromatic ring is 1. The zero-order valence-electron chi connectivity index (χ0n) is 14.1.